The first-order valence-corrected chi connectivity index (χ1v) is 8.99. The van der Waals surface area contributed by atoms with E-state index in [1.165, 1.54) is 36.6 Å². The Hall–Kier alpha value is 1.17. The van der Waals surface area contributed by atoms with Crippen LogP contribution in [0.4, 0.5) is 0 Å². The Balaban J connectivity index is 1.98. The summed E-state index contributed by atoms with van der Waals surface area (Å²) in [6, 6.07) is 4.35. The molecule has 0 saturated carbocycles. The Bertz CT molecular complexity index is 368. The summed E-state index contributed by atoms with van der Waals surface area (Å²) >= 11 is 7.08. The van der Waals surface area contributed by atoms with Gasteiger partial charge in [-0.05, 0) is 79.9 Å². The molecule has 2 rings (SSSR count). The molecule has 0 atom stereocenters. The maximum Gasteiger partial charge on any atom is 0.146 e. The summed E-state index contributed by atoms with van der Waals surface area (Å²) in [6.45, 7) is 3.39. The zero-order valence-electron chi connectivity index (χ0n) is 9.39. The highest BCUT2D eigenvalue weighted by Gasteiger charge is 2.17. The molecule has 1 saturated heterocycles. The van der Waals surface area contributed by atoms with Crippen molar-refractivity contribution in [2.24, 2.45) is 5.92 Å². The van der Waals surface area contributed by atoms with E-state index in [9.17, 15) is 0 Å². The molecule has 0 unspecified atom stereocenters. The van der Waals surface area contributed by atoms with Gasteiger partial charge in [0, 0.05) is 22.3 Å². The van der Waals surface area contributed by atoms with Crippen LogP contribution in [0.2, 0.25) is 0 Å². The normalized spacial score (nSPS) is 17.1. The van der Waals surface area contributed by atoms with Crippen molar-refractivity contribution in [3.8, 4) is 5.75 Å². The number of quaternary nitrogens is 1. The second-order valence-corrected chi connectivity index (χ2v) is 7.89. The molecule has 0 aliphatic carbocycles. The van der Waals surface area contributed by atoms with Gasteiger partial charge in [-0.3, -0.25) is 0 Å². The van der Waals surface area contributed by atoms with Gasteiger partial charge in [-0.2, -0.15) is 0 Å². The lowest BCUT2D eigenvalue weighted by Gasteiger charge is -2.21. The van der Waals surface area contributed by atoms with Crippen LogP contribution in [0.1, 0.15) is 12.8 Å². The summed E-state index contributed by atoms with van der Waals surface area (Å²) in [5.74, 6) is 1.81. The van der Waals surface area contributed by atoms with E-state index in [1.807, 2.05) is 0 Å². The van der Waals surface area contributed by atoms with Gasteiger partial charge in [-0.1, -0.05) is 0 Å². The van der Waals surface area contributed by atoms with Crippen molar-refractivity contribution < 1.29 is 10.1 Å². The van der Waals surface area contributed by atoms with Crippen LogP contribution in [-0.4, -0.2) is 19.7 Å². The molecule has 17 heavy (non-hydrogen) atoms. The molecule has 1 aliphatic rings. The van der Waals surface area contributed by atoms with E-state index in [2.05, 4.69) is 85.2 Å². The third-order valence-electron chi connectivity index (χ3n) is 2.98. The highest BCUT2D eigenvalue weighted by Crippen LogP contribution is 2.30. The predicted octanol–water partition coefficient (Wildman–Crippen LogP) is 2.85. The SMILES string of the molecule is Ic1cc(I)c(OCC2CC[NH2+]CC2)c(I)c1. The molecule has 0 bridgehead atoms. The van der Waals surface area contributed by atoms with Crippen LogP contribution in [0.15, 0.2) is 12.1 Å². The quantitative estimate of drug-likeness (QED) is 0.557. The molecule has 5 heteroatoms. The number of benzene rings is 1. The average molecular weight is 570 g/mol. The topological polar surface area (TPSA) is 25.8 Å². The Morgan fingerprint density at radius 1 is 1.12 bits per heavy atom. The zero-order chi connectivity index (χ0) is 12.3. The Kier molecular flexibility index (Phi) is 6.08. The van der Waals surface area contributed by atoms with Gasteiger partial charge < -0.3 is 10.1 Å². The highest BCUT2D eigenvalue weighted by molar-refractivity contribution is 14.1. The van der Waals surface area contributed by atoms with E-state index in [0.717, 1.165) is 18.3 Å². The fourth-order valence-electron chi connectivity index (χ4n) is 2.03. The Morgan fingerprint density at radius 2 is 1.71 bits per heavy atom. The van der Waals surface area contributed by atoms with Crippen LogP contribution in [0.3, 0.4) is 0 Å². The van der Waals surface area contributed by atoms with Gasteiger partial charge in [0.15, 0.2) is 0 Å². The molecule has 94 valence electrons. The molecule has 0 radical (unpaired) electrons. The molecule has 2 nitrogen and oxygen atoms in total. The van der Waals surface area contributed by atoms with E-state index in [0.29, 0.717) is 0 Å². The molecule has 2 N–H and O–H groups in total. The number of hydrogen-bond donors (Lipinski definition) is 1. The van der Waals surface area contributed by atoms with Crippen molar-refractivity contribution in [2.45, 2.75) is 12.8 Å². The van der Waals surface area contributed by atoms with Gasteiger partial charge >= 0.3 is 0 Å². The molecule has 1 heterocycles. The predicted molar refractivity (Wildman–Crippen MR) is 94.5 cm³/mol. The second-order valence-electron chi connectivity index (χ2n) is 4.32. The van der Waals surface area contributed by atoms with E-state index < -0.39 is 0 Å². The monoisotopic (exact) mass is 570 g/mol. The van der Waals surface area contributed by atoms with Crippen molar-refractivity contribution in [3.05, 3.63) is 22.8 Å². The number of hydrogen-bond acceptors (Lipinski definition) is 1. The molecule has 1 aromatic carbocycles. The first-order valence-electron chi connectivity index (χ1n) is 5.76. The number of rotatable bonds is 3. The molecule has 1 aromatic rings. The first kappa shape index (κ1) is 14.6. The number of nitrogens with two attached hydrogens (primary N) is 1. The van der Waals surface area contributed by atoms with Gasteiger partial charge in [-0.25, -0.2) is 0 Å². The summed E-state index contributed by atoms with van der Waals surface area (Å²) < 4.78 is 9.75. The summed E-state index contributed by atoms with van der Waals surface area (Å²) in [7, 11) is 0. The number of ether oxygens (including phenoxy) is 1. The first-order chi connectivity index (χ1) is 8.16. The minimum Gasteiger partial charge on any atom is -0.491 e. The van der Waals surface area contributed by atoms with Crippen molar-refractivity contribution >= 4 is 67.8 Å². The van der Waals surface area contributed by atoms with Crippen LogP contribution >= 0.6 is 67.8 Å². The summed E-state index contributed by atoms with van der Waals surface area (Å²) in [6.07, 6.45) is 2.58. The lowest BCUT2D eigenvalue weighted by atomic mass is 9.99. The zero-order valence-corrected chi connectivity index (χ0v) is 15.9. The summed E-state index contributed by atoms with van der Waals surface area (Å²) in [4.78, 5) is 0. The van der Waals surface area contributed by atoms with Crippen LogP contribution in [0.5, 0.6) is 5.75 Å². The van der Waals surface area contributed by atoms with Gasteiger partial charge in [-0.15, -0.1) is 0 Å². The molecular formula is C12H15I3NO+. The van der Waals surface area contributed by atoms with Crippen molar-refractivity contribution in [1.82, 2.24) is 0 Å². The van der Waals surface area contributed by atoms with E-state index in [4.69, 9.17) is 4.74 Å². The fraction of sp³-hybridized carbons (Fsp3) is 0.500. The molecule has 1 fully saturated rings. The smallest absolute Gasteiger partial charge is 0.146 e. The summed E-state index contributed by atoms with van der Waals surface area (Å²) in [5.41, 5.74) is 0. The second kappa shape index (κ2) is 7.09. The third-order valence-corrected chi connectivity index (χ3v) is 5.21. The number of halogens is 3. The van der Waals surface area contributed by atoms with Gasteiger partial charge in [0.05, 0.1) is 26.8 Å². The van der Waals surface area contributed by atoms with Crippen LogP contribution in [0.25, 0.3) is 0 Å². The Labute approximate surface area is 143 Å². The lowest BCUT2D eigenvalue weighted by Crippen LogP contribution is -2.86. The van der Waals surface area contributed by atoms with Crippen LogP contribution in [0, 0.1) is 16.6 Å². The standard InChI is InChI=1S/C12H14I3NO/c13-9-5-10(14)12(11(15)6-9)17-7-8-1-3-16-4-2-8/h5-6,8,16H,1-4,7H2/p+1. The molecule has 0 spiro atoms. The minimum absolute atomic E-state index is 0.742. The Morgan fingerprint density at radius 3 is 2.29 bits per heavy atom. The van der Waals surface area contributed by atoms with E-state index >= 15 is 0 Å². The number of piperidine rings is 1. The van der Waals surface area contributed by atoms with Gasteiger partial charge in [0.2, 0.25) is 0 Å². The summed E-state index contributed by atoms with van der Waals surface area (Å²) in [5, 5.41) is 2.40. The molecule has 0 aromatic heterocycles. The van der Waals surface area contributed by atoms with Crippen molar-refractivity contribution in [2.75, 3.05) is 19.7 Å². The van der Waals surface area contributed by atoms with Crippen LogP contribution < -0.4 is 10.1 Å². The lowest BCUT2D eigenvalue weighted by molar-refractivity contribution is -0.664. The molecular weight excluding hydrogens is 555 g/mol. The maximum atomic E-state index is 6.03. The highest BCUT2D eigenvalue weighted by atomic mass is 127. The molecule has 0 amide bonds. The maximum absolute atomic E-state index is 6.03. The van der Waals surface area contributed by atoms with Gasteiger partial charge in [0.1, 0.15) is 5.75 Å². The van der Waals surface area contributed by atoms with E-state index in [1.54, 1.807) is 0 Å². The third kappa shape index (κ3) is 4.34. The molecule has 1 aliphatic heterocycles. The van der Waals surface area contributed by atoms with Crippen molar-refractivity contribution in [1.29, 1.82) is 0 Å². The van der Waals surface area contributed by atoms with Crippen LogP contribution in [-0.2, 0) is 0 Å². The van der Waals surface area contributed by atoms with E-state index in [-0.39, 0.29) is 0 Å². The van der Waals surface area contributed by atoms with Crippen molar-refractivity contribution in [3.63, 3.8) is 0 Å². The largest absolute Gasteiger partial charge is 0.491 e. The average Bonchev–Trinajstić information content (AvgIpc) is 2.29. The fourth-order valence-corrected chi connectivity index (χ4v) is 5.92. The van der Waals surface area contributed by atoms with Gasteiger partial charge in [0.25, 0.3) is 0 Å². The minimum atomic E-state index is 0.742.